The van der Waals surface area contributed by atoms with E-state index >= 15 is 0 Å². The van der Waals surface area contributed by atoms with Gasteiger partial charge in [0, 0.05) is 18.0 Å². The van der Waals surface area contributed by atoms with Gasteiger partial charge in [0.25, 0.3) is 11.8 Å². The van der Waals surface area contributed by atoms with Crippen LogP contribution in [0.1, 0.15) is 30.9 Å². The van der Waals surface area contributed by atoms with Crippen molar-refractivity contribution in [3.05, 3.63) is 53.4 Å². The van der Waals surface area contributed by atoms with Crippen LogP contribution in [-0.2, 0) is 9.59 Å². The van der Waals surface area contributed by atoms with Gasteiger partial charge in [-0.3, -0.25) is 14.9 Å². The van der Waals surface area contributed by atoms with Gasteiger partial charge in [0.1, 0.15) is 5.57 Å². The van der Waals surface area contributed by atoms with Crippen molar-refractivity contribution in [2.75, 3.05) is 11.2 Å². The predicted octanol–water partition coefficient (Wildman–Crippen LogP) is 2.99. The number of nitrogens with zero attached hydrogens (tertiary/aromatic N) is 3. The molecule has 138 valence electrons. The standard InChI is InChI=1S/C19H18N4O3S/c1-11(2)13-4-6-14(7-5-13)23-17(25)15(16(24)22-19(23)26)8-12-9-20-18(27-3)21-10-12/h4-11H,1-3H3,(H,22,24,26). The van der Waals surface area contributed by atoms with Gasteiger partial charge in [0.05, 0.1) is 5.69 Å². The molecule has 1 N–H and O–H groups in total. The van der Waals surface area contributed by atoms with Crippen LogP contribution in [0.25, 0.3) is 6.08 Å². The van der Waals surface area contributed by atoms with E-state index in [4.69, 9.17) is 0 Å². The van der Waals surface area contributed by atoms with Gasteiger partial charge >= 0.3 is 6.03 Å². The Bertz CT molecular complexity index is 921. The molecule has 8 heteroatoms. The molecule has 0 unspecified atom stereocenters. The van der Waals surface area contributed by atoms with Gasteiger partial charge < -0.3 is 0 Å². The number of barbiturate groups is 1. The third-order valence-corrected chi connectivity index (χ3v) is 4.64. The van der Waals surface area contributed by atoms with E-state index in [1.807, 2.05) is 18.4 Å². The van der Waals surface area contributed by atoms with E-state index in [0.717, 1.165) is 10.5 Å². The number of hydrogen-bond acceptors (Lipinski definition) is 6. The summed E-state index contributed by atoms with van der Waals surface area (Å²) in [7, 11) is 0. The van der Waals surface area contributed by atoms with Crippen molar-refractivity contribution < 1.29 is 14.4 Å². The first kappa shape index (κ1) is 18.8. The van der Waals surface area contributed by atoms with Crippen molar-refractivity contribution in [1.82, 2.24) is 15.3 Å². The molecule has 3 rings (SSSR count). The van der Waals surface area contributed by atoms with Crippen molar-refractivity contribution in [1.29, 1.82) is 0 Å². The van der Waals surface area contributed by atoms with Crippen molar-refractivity contribution in [2.24, 2.45) is 0 Å². The van der Waals surface area contributed by atoms with Crippen LogP contribution in [0.2, 0.25) is 0 Å². The topological polar surface area (TPSA) is 92.3 Å². The summed E-state index contributed by atoms with van der Waals surface area (Å²) in [6.07, 6.45) is 6.26. The molecule has 0 bridgehead atoms. The van der Waals surface area contributed by atoms with Gasteiger partial charge in [-0.15, -0.1) is 0 Å². The minimum atomic E-state index is -0.770. The molecule has 1 aromatic carbocycles. The highest BCUT2D eigenvalue weighted by atomic mass is 32.2. The number of thioether (sulfide) groups is 1. The first-order valence-corrected chi connectivity index (χ1v) is 9.50. The maximum Gasteiger partial charge on any atom is 0.335 e. The molecule has 7 nitrogen and oxygen atoms in total. The van der Waals surface area contributed by atoms with Gasteiger partial charge in [-0.25, -0.2) is 19.7 Å². The molecule has 0 spiro atoms. The number of carbonyl (C=O) groups excluding carboxylic acids is 3. The predicted molar refractivity (Wildman–Crippen MR) is 103 cm³/mol. The molecule has 0 aliphatic carbocycles. The zero-order chi connectivity index (χ0) is 19.6. The van der Waals surface area contributed by atoms with E-state index in [0.29, 0.717) is 22.3 Å². The van der Waals surface area contributed by atoms with E-state index in [1.54, 1.807) is 12.1 Å². The number of amides is 4. The molecule has 1 aliphatic rings. The normalized spacial score (nSPS) is 16.2. The van der Waals surface area contributed by atoms with Crippen LogP contribution in [0.4, 0.5) is 10.5 Å². The number of imide groups is 2. The monoisotopic (exact) mass is 382 g/mol. The smallest absolute Gasteiger partial charge is 0.273 e. The second-order valence-electron chi connectivity index (χ2n) is 6.21. The lowest BCUT2D eigenvalue weighted by atomic mass is 10.0. The molecule has 1 saturated heterocycles. The minimum Gasteiger partial charge on any atom is -0.273 e. The highest BCUT2D eigenvalue weighted by Gasteiger charge is 2.36. The molecule has 2 aromatic rings. The van der Waals surface area contributed by atoms with Gasteiger partial charge in [-0.1, -0.05) is 37.7 Å². The molecule has 27 heavy (non-hydrogen) atoms. The summed E-state index contributed by atoms with van der Waals surface area (Å²) in [4.78, 5) is 46.4. The summed E-state index contributed by atoms with van der Waals surface area (Å²) >= 11 is 1.38. The molecule has 0 atom stereocenters. The zero-order valence-corrected chi connectivity index (χ0v) is 15.9. The molecular weight excluding hydrogens is 364 g/mol. The number of rotatable bonds is 4. The fourth-order valence-electron chi connectivity index (χ4n) is 2.57. The Balaban J connectivity index is 1.94. The summed E-state index contributed by atoms with van der Waals surface area (Å²) in [6.45, 7) is 4.11. The zero-order valence-electron chi connectivity index (χ0n) is 15.1. The van der Waals surface area contributed by atoms with E-state index in [-0.39, 0.29) is 5.57 Å². The van der Waals surface area contributed by atoms with Gasteiger partial charge in [0.2, 0.25) is 0 Å². The number of benzene rings is 1. The number of urea groups is 1. The van der Waals surface area contributed by atoms with Crippen LogP contribution in [-0.4, -0.2) is 34.1 Å². The first-order chi connectivity index (χ1) is 12.9. The summed E-state index contributed by atoms with van der Waals surface area (Å²) in [5.41, 5.74) is 1.83. The molecule has 2 heterocycles. The maximum atomic E-state index is 12.8. The van der Waals surface area contributed by atoms with E-state index in [9.17, 15) is 14.4 Å². The first-order valence-electron chi connectivity index (χ1n) is 8.28. The lowest BCUT2D eigenvalue weighted by Crippen LogP contribution is -2.54. The molecule has 4 amide bonds. The minimum absolute atomic E-state index is 0.150. The van der Waals surface area contributed by atoms with Crippen LogP contribution in [0.5, 0.6) is 0 Å². The molecule has 0 saturated carbocycles. The Morgan fingerprint density at radius 2 is 1.70 bits per heavy atom. The van der Waals surface area contributed by atoms with Crippen molar-refractivity contribution in [2.45, 2.75) is 24.9 Å². The van der Waals surface area contributed by atoms with Gasteiger partial charge in [-0.2, -0.15) is 0 Å². The number of aromatic nitrogens is 2. The van der Waals surface area contributed by atoms with Crippen LogP contribution in [0.15, 0.2) is 47.4 Å². The molecule has 1 aliphatic heterocycles. The molecule has 1 aromatic heterocycles. The van der Waals surface area contributed by atoms with E-state index < -0.39 is 17.8 Å². The molecule has 0 radical (unpaired) electrons. The molecule has 1 fully saturated rings. The maximum absolute atomic E-state index is 12.8. The Morgan fingerprint density at radius 3 is 2.26 bits per heavy atom. The summed E-state index contributed by atoms with van der Waals surface area (Å²) < 4.78 is 0. The summed E-state index contributed by atoms with van der Waals surface area (Å²) in [5.74, 6) is -1.10. The van der Waals surface area contributed by atoms with Crippen molar-refractivity contribution >= 4 is 41.4 Å². The number of carbonyl (C=O) groups is 3. The number of hydrogen-bond donors (Lipinski definition) is 1. The average molecular weight is 382 g/mol. The van der Waals surface area contributed by atoms with E-state index in [1.165, 1.54) is 30.2 Å². The van der Waals surface area contributed by atoms with Crippen LogP contribution in [0, 0.1) is 0 Å². The third kappa shape index (κ3) is 3.90. The Labute approximate surface area is 160 Å². The van der Waals surface area contributed by atoms with Crippen molar-refractivity contribution in [3.63, 3.8) is 0 Å². The van der Waals surface area contributed by atoms with Crippen LogP contribution < -0.4 is 10.2 Å². The number of nitrogens with one attached hydrogen (secondary N) is 1. The average Bonchev–Trinajstić information content (AvgIpc) is 2.66. The largest absolute Gasteiger partial charge is 0.335 e. The van der Waals surface area contributed by atoms with Crippen LogP contribution in [0.3, 0.4) is 0 Å². The molecular formula is C19H18N4O3S. The van der Waals surface area contributed by atoms with Gasteiger partial charge in [-0.05, 0) is 35.9 Å². The van der Waals surface area contributed by atoms with Crippen molar-refractivity contribution in [3.8, 4) is 0 Å². The number of anilines is 1. The van der Waals surface area contributed by atoms with Crippen LogP contribution >= 0.6 is 11.8 Å². The highest BCUT2D eigenvalue weighted by molar-refractivity contribution is 7.98. The summed E-state index contributed by atoms with van der Waals surface area (Å²) in [5, 5.41) is 2.78. The fourth-order valence-corrected chi connectivity index (χ4v) is 2.89. The van der Waals surface area contributed by atoms with E-state index in [2.05, 4.69) is 29.1 Å². The Kier molecular flexibility index (Phi) is 5.36. The SMILES string of the molecule is CSc1ncc(C=C2C(=O)NC(=O)N(c3ccc(C(C)C)cc3)C2=O)cn1. The lowest BCUT2D eigenvalue weighted by Gasteiger charge is -2.26. The Morgan fingerprint density at radius 1 is 1.07 bits per heavy atom. The summed E-state index contributed by atoms with van der Waals surface area (Å²) in [6, 6.07) is 6.33. The second kappa shape index (κ2) is 7.71. The highest BCUT2D eigenvalue weighted by Crippen LogP contribution is 2.24. The second-order valence-corrected chi connectivity index (χ2v) is 6.98. The van der Waals surface area contributed by atoms with Gasteiger partial charge in [0.15, 0.2) is 5.16 Å². The lowest BCUT2D eigenvalue weighted by molar-refractivity contribution is -0.122. The fraction of sp³-hybridized carbons (Fsp3) is 0.211. The Hall–Kier alpha value is -3.00. The third-order valence-electron chi connectivity index (χ3n) is 4.06. The quantitative estimate of drug-likeness (QED) is 0.378.